The number of rotatable bonds is 7. The van der Waals surface area contributed by atoms with Gasteiger partial charge in [-0.3, -0.25) is 20.1 Å². The second-order valence-electron chi connectivity index (χ2n) is 8.25. The monoisotopic (exact) mass is 478 g/mol. The zero-order valence-corrected chi connectivity index (χ0v) is 20.2. The van der Waals surface area contributed by atoms with Crippen LogP contribution in [-0.4, -0.2) is 44.8 Å². The number of methoxy groups -OCH3 is 1. The van der Waals surface area contributed by atoms with Crippen LogP contribution in [0.4, 0.5) is 5.13 Å². The summed E-state index contributed by atoms with van der Waals surface area (Å²) in [7, 11) is 1.64. The third-order valence-corrected chi connectivity index (χ3v) is 6.44. The van der Waals surface area contributed by atoms with Gasteiger partial charge >= 0.3 is 0 Å². The van der Waals surface area contributed by atoms with Crippen LogP contribution < -0.4 is 10.1 Å². The van der Waals surface area contributed by atoms with Crippen molar-refractivity contribution in [2.45, 2.75) is 32.8 Å². The lowest BCUT2D eigenvalue weighted by Gasteiger charge is -2.11. The maximum Gasteiger partial charge on any atom is 0.259 e. The summed E-state index contributed by atoms with van der Waals surface area (Å²) in [6.45, 7) is 5.69. The highest BCUT2D eigenvalue weighted by molar-refractivity contribution is 7.22. The largest absolute Gasteiger partial charge is 0.496 e. The molecule has 0 unspecified atom stereocenters. The average Bonchev–Trinajstić information content (AvgIpc) is 3.23. The van der Waals surface area contributed by atoms with Gasteiger partial charge in [-0.1, -0.05) is 25.2 Å². The molecule has 0 bridgehead atoms. The molecule has 0 saturated heterocycles. The summed E-state index contributed by atoms with van der Waals surface area (Å²) in [5, 5.41) is 22.3. The molecule has 0 radical (unpaired) electrons. The Hall–Kier alpha value is -3.40. The first-order valence-corrected chi connectivity index (χ1v) is 11.6. The number of hydrogen-bond acceptors (Lipinski definition) is 8. The van der Waals surface area contributed by atoms with Crippen LogP contribution in [0.5, 0.6) is 5.75 Å². The van der Waals surface area contributed by atoms with Crippen LogP contribution >= 0.6 is 11.3 Å². The molecule has 3 heterocycles. The van der Waals surface area contributed by atoms with Crippen LogP contribution in [0, 0.1) is 6.92 Å². The van der Waals surface area contributed by atoms with Gasteiger partial charge in [-0.15, -0.1) is 0 Å². The van der Waals surface area contributed by atoms with E-state index >= 15 is 0 Å². The maximum atomic E-state index is 12.8. The fourth-order valence-electron chi connectivity index (χ4n) is 3.64. The predicted octanol–water partition coefficient (Wildman–Crippen LogP) is 4.47. The first-order chi connectivity index (χ1) is 16.3. The molecule has 4 aromatic rings. The van der Waals surface area contributed by atoms with Crippen molar-refractivity contribution in [2.24, 2.45) is 0 Å². The Kier molecular flexibility index (Phi) is 6.87. The fraction of sp³-hybridized carbons (Fsp3) is 0.280. The van der Waals surface area contributed by atoms with Crippen LogP contribution in [0.1, 0.15) is 52.9 Å². The molecular weight excluding hydrogens is 452 g/mol. The number of hydrogen-bond donors (Lipinski definition) is 3. The van der Waals surface area contributed by atoms with Crippen molar-refractivity contribution in [1.29, 1.82) is 0 Å². The summed E-state index contributed by atoms with van der Waals surface area (Å²) in [4.78, 5) is 26.1. The highest BCUT2D eigenvalue weighted by Crippen LogP contribution is 2.35. The maximum absolute atomic E-state index is 12.8. The number of benzene rings is 1. The van der Waals surface area contributed by atoms with Crippen LogP contribution in [0.3, 0.4) is 0 Å². The van der Waals surface area contributed by atoms with Gasteiger partial charge in [-0.05, 0) is 48.2 Å². The quantitative estimate of drug-likeness (QED) is 0.359. The number of carbonyl (C=O) groups excluding carboxylic acids is 1. The number of aliphatic hydroxyl groups excluding tert-OH is 2. The molecule has 1 aromatic carbocycles. The molecule has 0 aliphatic carbocycles. The van der Waals surface area contributed by atoms with Crippen molar-refractivity contribution >= 4 is 32.6 Å². The molecule has 0 fully saturated rings. The zero-order chi connectivity index (χ0) is 24.4. The zero-order valence-electron chi connectivity index (χ0n) is 19.4. The third-order valence-electron chi connectivity index (χ3n) is 5.51. The van der Waals surface area contributed by atoms with Gasteiger partial charge in [-0.2, -0.15) is 0 Å². The lowest BCUT2D eigenvalue weighted by molar-refractivity contribution is 0.0953. The highest BCUT2D eigenvalue weighted by Gasteiger charge is 2.16. The predicted molar refractivity (Wildman–Crippen MR) is 132 cm³/mol. The molecule has 1 atom stereocenters. The number of aromatic nitrogens is 3. The summed E-state index contributed by atoms with van der Waals surface area (Å²) in [6.07, 6.45) is 2.04. The molecule has 4 rings (SSSR count). The van der Waals surface area contributed by atoms with E-state index in [1.807, 2.05) is 13.0 Å². The van der Waals surface area contributed by atoms with E-state index in [0.29, 0.717) is 33.6 Å². The lowest BCUT2D eigenvalue weighted by atomic mass is 10.0. The van der Waals surface area contributed by atoms with Crippen LogP contribution in [0.15, 0.2) is 42.7 Å². The van der Waals surface area contributed by atoms with Gasteiger partial charge in [0.1, 0.15) is 11.9 Å². The van der Waals surface area contributed by atoms with E-state index in [1.54, 1.807) is 25.3 Å². The minimum atomic E-state index is -0.972. The Labute approximate surface area is 201 Å². The Bertz CT molecular complexity index is 1340. The van der Waals surface area contributed by atoms with Crippen molar-refractivity contribution in [3.05, 3.63) is 65.0 Å². The minimum Gasteiger partial charge on any atom is -0.496 e. The van der Waals surface area contributed by atoms with Crippen LogP contribution in [0.25, 0.3) is 21.6 Å². The molecule has 0 aliphatic rings. The number of nitrogens with zero attached hydrogens (tertiary/aromatic N) is 3. The SMILES string of the molecule is COc1cc2nc(NC(=O)c3ccc(-c4ncc([C@@H](O)CO)cc4C)nc3)sc2cc1C(C)C. The number of ether oxygens (including phenoxy) is 1. The Morgan fingerprint density at radius 2 is 1.97 bits per heavy atom. The van der Waals surface area contributed by atoms with E-state index in [2.05, 4.69) is 40.2 Å². The van der Waals surface area contributed by atoms with E-state index < -0.39 is 6.10 Å². The van der Waals surface area contributed by atoms with E-state index in [1.165, 1.54) is 23.7 Å². The first-order valence-electron chi connectivity index (χ1n) is 10.8. The summed E-state index contributed by atoms with van der Waals surface area (Å²) in [5.74, 6) is 0.784. The number of nitrogens with one attached hydrogen (secondary N) is 1. The number of aryl methyl sites for hydroxylation is 1. The van der Waals surface area contributed by atoms with Gasteiger partial charge in [0.05, 0.1) is 40.9 Å². The number of anilines is 1. The van der Waals surface area contributed by atoms with Crippen molar-refractivity contribution in [2.75, 3.05) is 19.0 Å². The molecule has 34 heavy (non-hydrogen) atoms. The average molecular weight is 479 g/mol. The molecule has 8 nitrogen and oxygen atoms in total. The first kappa shape index (κ1) is 23.7. The smallest absolute Gasteiger partial charge is 0.259 e. The van der Waals surface area contributed by atoms with Gasteiger partial charge in [0.2, 0.25) is 0 Å². The van der Waals surface area contributed by atoms with Crippen molar-refractivity contribution < 1.29 is 19.7 Å². The molecule has 0 spiro atoms. The molecule has 0 saturated carbocycles. The second kappa shape index (κ2) is 9.84. The number of amides is 1. The lowest BCUT2D eigenvalue weighted by Crippen LogP contribution is -2.12. The van der Waals surface area contributed by atoms with Crippen LogP contribution in [0.2, 0.25) is 0 Å². The normalized spacial score (nSPS) is 12.2. The summed E-state index contributed by atoms with van der Waals surface area (Å²) in [6, 6.07) is 9.13. The summed E-state index contributed by atoms with van der Waals surface area (Å²) >= 11 is 1.41. The van der Waals surface area contributed by atoms with Crippen molar-refractivity contribution in [1.82, 2.24) is 15.0 Å². The van der Waals surface area contributed by atoms with Crippen LogP contribution in [-0.2, 0) is 0 Å². The molecule has 9 heteroatoms. The van der Waals surface area contributed by atoms with E-state index in [0.717, 1.165) is 27.1 Å². The van der Waals surface area contributed by atoms with E-state index in [-0.39, 0.29) is 12.5 Å². The Morgan fingerprint density at radius 3 is 2.59 bits per heavy atom. The molecule has 3 N–H and O–H groups in total. The number of carbonyl (C=O) groups is 1. The highest BCUT2D eigenvalue weighted by atomic mass is 32.1. The standard InChI is InChI=1S/C25H26N4O4S/c1-13(2)17-8-22-19(9-21(17)33-4)28-25(34-22)29-24(32)15-5-6-18(26-10-15)23-14(3)7-16(11-27-23)20(31)12-30/h5-11,13,20,30-31H,12H2,1-4H3,(H,28,29,32)/t20-/m0/s1. The molecule has 176 valence electrons. The fourth-order valence-corrected chi connectivity index (χ4v) is 4.53. The third kappa shape index (κ3) is 4.77. The second-order valence-corrected chi connectivity index (χ2v) is 9.29. The number of pyridine rings is 2. The molecule has 3 aromatic heterocycles. The molecule has 0 aliphatic heterocycles. The van der Waals surface area contributed by atoms with Gasteiger partial charge in [0.15, 0.2) is 5.13 Å². The Balaban J connectivity index is 1.53. The van der Waals surface area contributed by atoms with Crippen molar-refractivity contribution in [3.8, 4) is 17.1 Å². The van der Waals surface area contributed by atoms with Gasteiger partial charge in [0.25, 0.3) is 5.91 Å². The summed E-state index contributed by atoms with van der Waals surface area (Å²) < 4.78 is 6.47. The minimum absolute atomic E-state index is 0.304. The Morgan fingerprint density at radius 1 is 1.18 bits per heavy atom. The summed E-state index contributed by atoms with van der Waals surface area (Å²) in [5.41, 5.74) is 4.85. The van der Waals surface area contributed by atoms with Gasteiger partial charge < -0.3 is 14.9 Å². The molecule has 1 amide bonds. The number of thiazole rings is 1. The number of aliphatic hydroxyl groups is 2. The topological polar surface area (TPSA) is 117 Å². The number of fused-ring (bicyclic) bond motifs is 1. The molecular formula is C25H26N4O4S. The van der Waals surface area contributed by atoms with E-state index in [4.69, 9.17) is 9.84 Å². The van der Waals surface area contributed by atoms with Gasteiger partial charge in [0, 0.05) is 24.0 Å². The van der Waals surface area contributed by atoms with Crippen molar-refractivity contribution in [3.63, 3.8) is 0 Å². The van der Waals surface area contributed by atoms with Gasteiger partial charge in [-0.25, -0.2) is 4.98 Å². The van der Waals surface area contributed by atoms with E-state index in [9.17, 15) is 9.90 Å².